The number of hydrogen-bond acceptors (Lipinski definition) is 4. The second-order valence-corrected chi connectivity index (χ2v) is 9.29. The number of thiophene rings is 1. The van der Waals surface area contributed by atoms with Crippen LogP contribution in [-0.2, 0) is 16.6 Å². The summed E-state index contributed by atoms with van der Waals surface area (Å²) in [7, 11) is -3.68. The zero-order chi connectivity index (χ0) is 17.3. The van der Waals surface area contributed by atoms with Crippen LogP contribution in [0.5, 0.6) is 0 Å². The molecule has 0 aliphatic rings. The fourth-order valence-corrected chi connectivity index (χ4v) is 4.95. The van der Waals surface area contributed by atoms with Crippen molar-refractivity contribution < 1.29 is 8.42 Å². The Labute approximate surface area is 157 Å². The van der Waals surface area contributed by atoms with Crippen molar-refractivity contribution in [3.05, 3.63) is 62.7 Å². The van der Waals surface area contributed by atoms with Gasteiger partial charge in [-0.25, -0.2) is 8.42 Å². The summed E-state index contributed by atoms with van der Waals surface area (Å²) in [4.78, 5) is 0. The third-order valence-corrected chi connectivity index (χ3v) is 6.74. The molecule has 1 aromatic carbocycles. The lowest BCUT2D eigenvalue weighted by molar-refractivity contribution is 0.603. The molecule has 0 unspecified atom stereocenters. The largest absolute Gasteiger partial charge is 0.276 e. The summed E-state index contributed by atoms with van der Waals surface area (Å²) >= 11 is 18.8. The van der Waals surface area contributed by atoms with E-state index in [0.29, 0.717) is 26.6 Å². The first-order chi connectivity index (χ1) is 11.3. The normalized spacial score (nSPS) is 11.6. The molecule has 3 rings (SSSR count). The fourth-order valence-electron chi connectivity index (χ4n) is 1.97. The predicted octanol–water partition coefficient (Wildman–Crippen LogP) is 4.75. The maximum absolute atomic E-state index is 12.2. The predicted molar refractivity (Wildman–Crippen MR) is 97.9 cm³/mol. The molecule has 3 aromatic rings. The van der Waals surface area contributed by atoms with Gasteiger partial charge in [0.25, 0.3) is 10.0 Å². The highest BCUT2D eigenvalue weighted by atomic mass is 35.5. The minimum atomic E-state index is -3.68. The van der Waals surface area contributed by atoms with Crippen LogP contribution in [0, 0.1) is 0 Å². The van der Waals surface area contributed by atoms with Crippen molar-refractivity contribution in [3.63, 3.8) is 0 Å². The summed E-state index contributed by atoms with van der Waals surface area (Å²) in [6.07, 6.45) is 3.01. The van der Waals surface area contributed by atoms with Gasteiger partial charge in [-0.15, -0.1) is 11.3 Å². The van der Waals surface area contributed by atoms with Crippen molar-refractivity contribution in [1.82, 2.24) is 9.78 Å². The summed E-state index contributed by atoms with van der Waals surface area (Å²) in [6, 6.07) is 8.16. The summed E-state index contributed by atoms with van der Waals surface area (Å²) < 4.78 is 29.1. The highest BCUT2D eigenvalue weighted by molar-refractivity contribution is 7.94. The number of benzene rings is 1. The van der Waals surface area contributed by atoms with Gasteiger partial charge < -0.3 is 0 Å². The number of aromatic nitrogens is 2. The van der Waals surface area contributed by atoms with Crippen molar-refractivity contribution >= 4 is 61.9 Å². The molecule has 0 fully saturated rings. The summed E-state index contributed by atoms with van der Waals surface area (Å²) in [5.41, 5.74) is 1.17. The third kappa shape index (κ3) is 4.04. The molecule has 0 spiro atoms. The second-order valence-electron chi connectivity index (χ2n) is 4.83. The van der Waals surface area contributed by atoms with Gasteiger partial charge in [-0.05, 0) is 29.8 Å². The van der Waals surface area contributed by atoms with Gasteiger partial charge in [0.2, 0.25) is 0 Å². The van der Waals surface area contributed by atoms with Crippen molar-refractivity contribution in [2.24, 2.45) is 0 Å². The molecule has 5 nitrogen and oxygen atoms in total. The van der Waals surface area contributed by atoms with Gasteiger partial charge in [0.1, 0.15) is 4.21 Å². The van der Waals surface area contributed by atoms with E-state index in [9.17, 15) is 8.42 Å². The Kier molecular flexibility index (Phi) is 5.08. The minimum Gasteiger partial charge on any atom is -0.276 e. The topological polar surface area (TPSA) is 64.0 Å². The molecule has 0 radical (unpaired) electrons. The molecule has 1 N–H and O–H groups in total. The van der Waals surface area contributed by atoms with E-state index in [1.54, 1.807) is 29.1 Å². The molecule has 0 aliphatic carbocycles. The summed E-state index contributed by atoms with van der Waals surface area (Å²) in [5, 5.41) is 5.20. The summed E-state index contributed by atoms with van der Waals surface area (Å²) in [6.45, 7) is 0.391. The van der Waals surface area contributed by atoms with Gasteiger partial charge in [0, 0.05) is 16.2 Å². The number of nitrogens with zero attached hydrogens (tertiary/aromatic N) is 2. The van der Waals surface area contributed by atoms with Gasteiger partial charge in [0.15, 0.2) is 0 Å². The Balaban J connectivity index is 1.76. The van der Waals surface area contributed by atoms with Crippen LogP contribution in [0.1, 0.15) is 5.56 Å². The molecule has 10 heteroatoms. The van der Waals surface area contributed by atoms with Gasteiger partial charge in [-0.3, -0.25) is 9.40 Å². The zero-order valence-corrected chi connectivity index (χ0v) is 15.8. The molecule has 0 saturated heterocycles. The molecule has 24 heavy (non-hydrogen) atoms. The molecule has 2 aromatic heterocycles. The minimum absolute atomic E-state index is 0.140. The van der Waals surface area contributed by atoms with Gasteiger partial charge in [-0.2, -0.15) is 5.10 Å². The lowest BCUT2D eigenvalue weighted by Crippen LogP contribution is -2.10. The Bertz CT molecular complexity index is 983. The average Bonchev–Trinajstić information content (AvgIpc) is 3.11. The molecule has 0 atom stereocenters. The lowest BCUT2D eigenvalue weighted by Gasteiger charge is -2.05. The van der Waals surface area contributed by atoms with Crippen LogP contribution in [0.15, 0.2) is 46.9 Å². The van der Waals surface area contributed by atoms with Crippen molar-refractivity contribution in [2.45, 2.75) is 10.8 Å². The molecule has 0 aliphatic heterocycles. The number of halogens is 3. The molecule has 0 saturated carbocycles. The van der Waals surface area contributed by atoms with E-state index in [1.807, 2.05) is 0 Å². The Morgan fingerprint density at radius 2 is 1.96 bits per heavy atom. The lowest BCUT2D eigenvalue weighted by atomic mass is 10.2. The quantitative estimate of drug-likeness (QED) is 0.645. The maximum atomic E-state index is 12.2. The van der Waals surface area contributed by atoms with Crippen molar-refractivity contribution in [1.29, 1.82) is 0 Å². The first-order valence-corrected chi connectivity index (χ1v) is 10.0. The highest BCUT2D eigenvalue weighted by Gasteiger charge is 2.17. The van der Waals surface area contributed by atoms with Crippen molar-refractivity contribution in [2.75, 3.05) is 4.72 Å². The smallest absolute Gasteiger partial charge is 0.271 e. The Hall–Kier alpha value is -1.25. The number of sulfonamides is 1. The SMILES string of the molecule is O=S(=O)(Nc1cnn(Cc2ccc(Cl)cc2Cl)c1)c1ccc(Cl)s1. The summed E-state index contributed by atoms with van der Waals surface area (Å²) in [5.74, 6) is 0. The second kappa shape index (κ2) is 6.93. The highest BCUT2D eigenvalue weighted by Crippen LogP contribution is 2.27. The number of nitrogens with one attached hydrogen (secondary N) is 1. The Morgan fingerprint density at radius 1 is 1.17 bits per heavy atom. The van der Waals surface area contributed by atoms with Crippen LogP contribution in [0.3, 0.4) is 0 Å². The maximum Gasteiger partial charge on any atom is 0.271 e. The van der Waals surface area contributed by atoms with Crippen LogP contribution < -0.4 is 4.72 Å². The fraction of sp³-hybridized carbons (Fsp3) is 0.0714. The monoisotopic (exact) mass is 421 g/mol. The van der Waals surface area contributed by atoms with Crippen molar-refractivity contribution in [3.8, 4) is 0 Å². The van der Waals surface area contributed by atoms with E-state index < -0.39 is 10.0 Å². The number of anilines is 1. The van der Waals surface area contributed by atoms with Crippen LogP contribution in [0.4, 0.5) is 5.69 Å². The number of rotatable bonds is 5. The average molecular weight is 423 g/mol. The third-order valence-electron chi connectivity index (χ3n) is 3.05. The van der Waals surface area contributed by atoms with Crippen LogP contribution in [-0.4, -0.2) is 18.2 Å². The number of hydrogen-bond donors (Lipinski definition) is 1. The van der Waals surface area contributed by atoms with E-state index in [0.717, 1.165) is 16.9 Å². The van der Waals surface area contributed by atoms with E-state index in [2.05, 4.69) is 9.82 Å². The van der Waals surface area contributed by atoms with E-state index in [4.69, 9.17) is 34.8 Å². The molecule has 2 heterocycles. The Morgan fingerprint density at radius 3 is 2.62 bits per heavy atom. The molecular formula is C14H10Cl3N3O2S2. The van der Waals surface area contributed by atoms with E-state index >= 15 is 0 Å². The van der Waals surface area contributed by atoms with Crippen LogP contribution in [0.25, 0.3) is 0 Å². The molecule has 0 amide bonds. The molecule has 0 bridgehead atoms. The van der Waals surface area contributed by atoms with Gasteiger partial charge in [0.05, 0.1) is 22.8 Å². The molecule has 126 valence electrons. The first-order valence-electron chi connectivity index (χ1n) is 6.58. The standard InChI is InChI=1S/C14H10Cl3N3O2S2/c15-10-2-1-9(12(16)5-10)7-20-8-11(6-18-20)19-24(21,22)14-4-3-13(17)23-14/h1-6,8,19H,7H2. The first kappa shape index (κ1) is 17.6. The molecular weight excluding hydrogens is 413 g/mol. The van der Waals surface area contributed by atoms with Crippen LogP contribution >= 0.6 is 46.1 Å². The van der Waals surface area contributed by atoms with Gasteiger partial charge >= 0.3 is 0 Å². The van der Waals surface area contributed by atoms with E-state index in [-0.39, 0.29) is 4.21 Å². The van der Waals surface area contributed by atoms with Crippen LogP contribution in [0.2, 0.25) is 14.4 Å². The van der Waals surface area contributed by atoms with E-state index in [1.165, 1.54) is 18.3 Å². The zero-order valence-electron chi connectivity index (χ0n) is 11.9. The van der Waals surface area contributed by atoms with Gasteiger partial charge in [-0.1, -0.05) is 40.9 Å².